The van der Waals surface area contributed by atoms with E-state index in [2.05, 4.69) is 4.72 Å². The molecule has 0 amide bonds. The van der Waals surface area contributed by atoms with E-state index < -0.39 is 15.8 Å². The molecule has 6 heteroatoms. The van der Waals surface area contributed by atoms with Crippen LogP contribution in [0.2, 0.25) is 0 Å². The van der Waals surface area contributed by atoms with Gasteiger partial charge in [0.05, 0.1) is 4.90 Å². The summed E-state index contributed by atoms with van der Waals surface area (Å²) in [4.78, 5) is 0.120. The van der Waals surface area contributed by atoms with Crippen LogP contribution in [-0.4, -0.2) is 26.5 Å². The van der Waals surface area contributed by atoms with Crippen molar-refractivity contribution in [2.45, 2.75) is 17.7 Å². The van der Waals surface area contributed by atoms with Crippen LogP contribution in [-0.2, 0) is 10.0 Å². The van der Waals surface area contributed by atoms with Gasteiger partial charge in [-0.25, -0.2) is 17.5 Å². The zero-order valence-corrected chi connectivity index (χ0v) is 11.6. The van der Waals surface area contributed by atoms with E-state index in [-0.39, 0.29) is 4.90 Å². The molecule has 100 valence electrons. The summed E-state index contributed by atoms with van der Waals surface area (Å²) in [5.41, 5.74) is 0. The van der Waals surface area contributed by atoms with Crippen molar-refractivity contribution in [3.63, 3.8) is 0 Å². The Kier molecular flexibility index (Phi) is 4.64. The lowest BCUT2D eigenvalue weighted by Crippen LogP contribution is -2.31. The van der Waals surface area contributed by atoms with Crippen LogP contribution in [0.25, 0.3) is 0 Å². The summed E-state index contributed by atoms with van der Waals surface area (Å²) in [6.07, 6.45) is 2.10. The molecule has 0 bridgehead atoms. The molecule has 1 aliphatic heterocycles. The summed E-state index contributed by atoms with van der Waals surface area (Å²) in [6.45, 7) is 0.472. The van der Waals surface area contributed by atoms with Gasteiger partial charge in [0.25, 0.3) is 0 Å². The van der Waals surface area contributed by atoms with Crippen LogP contribution in [0, 0.1) is 11.7 Å². The third-order valence-corrected chi connectivity index (χ3v) is 5.52. The Hall–Kier alpha value is -0.590. The fourth-order valence-electron chi connectivity index (χ4n) is 1.88. The molecule has 2 rings (SSSR count). The molecule has 0 aromatic heterocycles. The highest BCUT2D eigenvalue weighted by Gasteiger charge is 2.18. The van der Waals surface area contributed by atoms with Crippen LogP contribution >= 0.6 is 11.8 Å². The number of thioether (sulfide) groups is 1. The normalized spacial score (nSPS) is 17.8. The molecule has 0 unspecified atom stereocenters. The number of hydrogen-bond acceptors (Lipinski definition) is 3. The third kappa shape index (κ3) is 3.70. The van der Waals surface area contributed by atoms with Crippen LogP contribution in [0.15, 0.2) is 29.2 Å². The summed E-state index contributed by atoms with van der Waals surface area (Å²) in [7, 11) is -3.50. The van der Waals surface area contributed by atoms with Gasteiger partial charge in [-0.15, -0.1) is 0 Å². The Morgan fingerprint density at radius 3 is 2.44 bits per heavy atom. The van der Waals surface area contributed by atoms with Crippen molar-refractivity contribution in [1.29, 1.82) is 0 Å². The fourth-order valence-corrected chi connectivity index (χ4v) is 4.20. The van der Waals surface area contributed by atoms with E-state index in [1.807, 2.05) is 11.8 Å². The minimum Gasteiger partial charge on any atom is -0.211 e. The molecule has 0 radical (unpaired) electrons. The summed E-state index contributed by atoms with van der Waals surface area (Å²) < 4.78 is 39.2. The number of hydrogen-bond donors (Lipinski definition) is 1. The smallest absolute Gasteiger partial charge is 0.211 e. The summed E-state index contributed by atoms with van der Waals surface area (Å²) in [6, 6.07) is 4.89. The number of halogens is 1. The van der Waals surface area contributed by atoms with E-state index in [0.717, 1.165) is 36.5 Å². The SMILES string of the molecule is O=S(=O)(NCC1CCSCC1)c1ccc(F)cc1. The zero-order chi connectivity index (χ0) is 13.0. The lowest BCUT2D eigenvalue weighted by atomic mass is 10.0. The third-order valence-electron chi connectivity index (χ3n) is 3.03. The highest BCUT2D eigenvalue weighted by atomic mass is 32.2. The van der Waals surface area contributed by atoms with Gasteiger partial charge in [0.1, 0.15) is 5.82 Å². The second kappa shape index (κ2) is 6.04. The minimum atomic E-state index is -3.50. The van der Waals surface area contributed by atoms with Crippen molar-refractivity contribution < 1.29 is 12.8 Å². The van der Waals surface area contributed by atoms with Gasteiger partial charge in [-0.1, -0.05) is 0 Å². The second-order valence-electron chi connectivity index (χ2n) is 4.36. The summed E-state index contributed by atoms with van der Waals surface area (Å²) in [5, 5.41) is 0. The van der Waals surface area contributed by atoms with Crippen LogP contribution in [0.4, 0.5) is 4.39 Å². The van der Waals surface area contributed by atoms with Crippen LogP contribution in [0.5, 0.6) is 0 Å². The van der Waals surface area contributed by atoms with Gasteiger partial charge in [-0.05, 0) is 54.5 Å². The van der Waals surface area contributed by atoms with Gasteiger partial charge in [0.15, 0.2) is 0 Å². The Bertz CT molecular complexity index is 481. The van der Waals surface area contributed by atoms with E-state index in [1.54, 1.807) is 0 Å². The molecule has 1 saturated heterocycles. The van der Waals surface area contributed by atoms with Crippen molar-refractivity contribution in [3.8, 4) is 0 Å². The molecule has 18 heavy (non-hydrogen) atoms. The number of sulfonamides is 1. The number of nitrogens with one attached hydrogen (secondary N) is 1. The second-order valence-corrected chi connectivity index (χ2v) is 7.35. The van der Waals surface area contributed by atoms with Crippen molar-refractivity contribution in [2.75, 3.05) is 18.1 Å². The Morgan fingerprint density at radius 1 is 1.22 bits per heavy atom. The predicted octanol–water partition coefficient (Wildman–Crippen LogP) is 2.25. The average molecular weight is 289 g/mol. The maximum absolute atomic E-state index is 12.7. The molecule has 1 aliphatic rings. The molecule has 1 heterocycles. The van der Waals surface area contributed by atoms with Crippen molar-refractivity contribution in [2.24, 2.45) is 5.92 Å². The van der Waals surface area contributed by atoms with Crippen molar-refractivity contribution in [3.05, 3.63) is 30.1 Å². The Labute approximate surface area is 111 Å². The Balaban J connectivity index is 1.96. The predicted molar refractivity (Wildman–Crippen MR) is 71.6 cm³/mol. The fraction of sp³-hybridized carbons (Fsp3) is 0.500. The van der Waals surface area contributed by atoms with E-state index in [9.17, 15) is 12.8 Å². The molecular formula is C12H16FNO2S2. The molecule has 0 aliphatic carbocycles. The first-order valence-corrected chi connectivity index (χ1v) is 8.55. The standard InChI is InChI=1S/C12H16FNO2S2/c13-11-1-3-12(4-2-11)18(15,16)14-9-10-5-7-17-8-6-10/h1-4,10,14H,5-9H2. The van der Waals surface area contributed by atoms with Crippen molar-refractivity contribution >= 4 is 21.8 Å². The first-order valence-electron chi connectivity index (χ1n) is 5.91. The van der Waals surface area contributed by atoms with E-state index in [0.29, 0.717) is 12.5 Å². The monoisotopic (exact) mass is 289 g/mol. The zero-order valence-electron chi connectivity index (χ0n) is 9.93. The molecule has 0 saturated carbocycles. The van der Waals surface area contributed by atoms with Crippen LogP contribution < -0.4 is 4.72 Å². The van der Waals surface area contributed by atoms with Crippen molar-refractivity contribution in [1.82, 2.24) is 4.72 Å². The maximum atomic E-state index is 12.7. The van der Waals surface area contributed by atoms with Crippen LogP contribution in [0.1, 0.15) is 12.8 Å². The first kappa shape index (κ1) is 13.8. The molecule has 1 N–H and O–H groups in total. The van der Waals surface area contributed by atoms with Gasteiger partial charge in [0.2, 0.25) is 10.0 Å². The topological polar surface area (TPSA) is 46.2 Å². The molecule has 1 aromatic carbocycles. The quantitative estimate of drug-likeness (QED) is 0.924. The molecule has 1 aromatic rings. The molecule has 0 spiro atoms. The van der Waals surface area contributed by atoms with Crippen LogP contribution in [0.3, 0.4) is 0 Å². The number of rotatable bonds is 4. The average Bonchev–Trinajstić information content (AvgIpc) is 2.38. The van der Waals surface area contributed by atoms with E-state index in [1.165, 1.54) is 12.1 Å². The molecule has 3 nitrogen and oxygen atoms in total. The van der Waals surface area contributed by atoms with E-state index in [4.69, 9.17) is 0 Å². The lowest BCUT2D eigenvalue weighted by molar-refractivity contribution is 0.476. The minimum absolute atomic E-state index is 0.120. The molecular weight excluding hydrogens is 273 g/mol. The molecule has 0 atom stereocenters. The van der Waals surface area contributed by atoms with Gasteiger partial charge >= 0.3 is 0 Å². The largest absolute Gasteiger partial charge is 0.240 e. The molecule has 1 fully saturated rings. The highest BCUT2D eigenvalue weighted by Crippen LogP contribution is 2.22. The van der Waals surface area contributed by atoms with Gasteiger partial charge in [0, 0.05) is 6.54 Å². The maximum Gasteiger partial charge on any atom is 0.240 e. The summed E-state index contributed by atoms with van der Waals surface area (Å²) in [5.74, 6) is 2.19. The van der Waals surface area contributed by atoms with E-state index >= 15 is 0 Å². The van der Waals surface area contributed by atoms with Gasteiger partial charge in [-0.2, -0.15) is 11.8 Å². The van der Waals surface area contributed by atoms with Gasteiger partial charge < -0.3 is 0 Å². The van der Waals surface area contributed by atoms with Gasteiger partial charge in [-0.3, -0.25) is 0 Å². The highest BCUT2D eigenvalue weighted by molar-refractivity contribution is 7.99. The summed E-state index contributed by atoms with van der Waals surface area (Å²) >= 11 is 1.91. The lowest BCUT2D eigenvalue weighted by Gasteiger charge is -2.21. The first-order chi connectivity index (χ1) is 8.58. The Morgan fingerprint density at radius 2 is 1.83 bits per heavy atom. The number of benzene rings is 1.